The Balaban J connectivity index is 2.41. The molecule has 0 aliphatic heterocycles. The molecule has 0 radical (unpaired) electrons. The van der Waals surface area contributed by atoms with E-state index in [4.69, 9.17) is 23.2 Å². The van der Waals surface area contributed by atoms with Gasteiger partial charge in [0.2, 0.25) is 0 Å². The lowest BCUT2D eigenvalue weighted by Gasteiger charge is -1.97. The zero-order valence-electron chi connectivity index (χ0n) is 7.41. The van der Waals surface area contributed by atoms with Crippen LogP contribution >= 0.6 is 34.5 Å². The molecule has 5 heteroatoms. The molecular formula is C10H5Cl2NOS. The van der Waals surface area contributed by atoms with Gasteiger partial charge in [0.05, 0.1) is 9.90 Å². The SMILES string of the molecule is O=C(c1cccnc1)c1cc(Cl)sc1Cl. The van der Waals surface area contributed by atoms with Crippen molar-refractivity contribution in [3.05, 3.63) is 50.4 Å². The van der Waals surface area contributed by atoms with E-state index in [-0.39, 0.29) is 5.78 Å². The molecule has 76 valence electrons. The van der Waals surface area contributed by atoms with Gasteiger partial charge < -0.3 is 0 Å². The minimum Gasteiger partial charge on any atom is -0.288 e. The molecule has 0 amide bonds. The monoisotopic (exact) mass is 257 g/mol. The summed E-state index contributed by atoms with van der Waals surface area (Å²) in [6.07, 6.45) is 3.11. The Morgan fingerprint density at radius 3 is 2.73 bits per heavy atom. The summed E-state index contributed by atoms with van der Waals surface area (Å²) in [4.78, 5) is 15.8. The number of pyridine rings is 1. The fraction of sp³-hybridized carbons (Fsp3) is 0. The Bertz CT molecular complexity index is 495. The van der Waals surface area contributed by atoms with Gasteiger partial charge in [-0.2, -0.15) is 0 Å². The van der Waals surface area contributed by atoms with Gasteiger partial charge in [-0.25, -0.2) is 0 Å². The van der Waals surface area contributed by atoms with Crippen LogP contribution in [0.4, 0.5) is 0 Å². The third kappa shape index (κ3) is 2.20. The smallest absolute Gasteiger partial charge is 0.196 e. The van der Waals surface area contributed by atoms with E-state index in [1.54, 1.807) is 24.4 Å². The summed E-state index contributed by atoms with van der Waals surface area (Å²) in [5, 5.41) is 0. The predicted molar refractivity (Wildman–Crippen MR) is 62.0 cm³/mol. The molecule has 0 aromatic carbocycles. The molecule has 2 nitrogen and oxygen atoms in total. The molecular weight excluding hydrogens is 253 g/mol. The van der Waals surface area contributed by atoms with E-state index in [0.29, 0.717) is 19.8 Å². The molecule has 2 heterocycles. The van der Waals surface area contributed by atoms with E-state index in [2.05, 4.69) is 4.98 Å². The summed E-state index contributed by atoms with van der Waals surface area (Å²) < 4.78 is 0.918. The minimum atomic E-state index is -0.156. The Labute approximate surface area is 100 Å². The minimum absolute atomic E-state index is 0.156. The number of hydrogen-bond donors (Lipinski definition) is 0. The molecule has 2 aromatic rings. The molecule has 0 aliphatic rings. The van der Waals surface area contributed by atoms with Gasteiger partial charge in [-0.15, -0.1) is 11.3 Å². The molecule has 0 N–H and O–H groups in total. The van der Waals surface area contributed by atoms with Crippen molar-refractivity contribution in [1.29, 1.82) is 0 Å². The Morgan fingerprint density at radius 1 is 1.40 bits per heavy atom. The van der Waals surface area contributed by atoms with Crippen molar-refractivity contribution in [1.82, 2.24) is 4.98 Å². The summed E-state index contributed by atoms with van der Waals surface area (Å²) in [6.45, 7) is 0. The first kappa shape index (κ1) is 10.6. The van der Waals surface area contributed by atoms with Crippen LogP contribution in [0.5, 0.6) is 0 Å². The van der Waals surface area contributed by atoms with Gasteiger partial charge in [0, 0.05) is 18.0 Å². The van der Waals surface area contributed by atoms with Crippen molar-refractivity contribution in [2.24, 2.45) is 0 Å². The van der Waals surface area contributed by atoms with E-state index < -0.39 is 0 Å². The van der Waals surface area contributed by atoms with Crippen LogP contribution in [0.2, 0.25) is 8.67 Å². The maximum atomic E-state index is 11.9. The lowest BCUT2D eigenvalue weighted by Crippen LogP contribution is -2.00. The molecule has 0 saturated carbocycles. The van der Waals surface area contributed by atoms with Crippen molar-refractivity contribution >= 4 is 40.3 Å². The van der Waals surface area contributed by atoms with Crippen LogP contribution in [0.25, 0.3) is 0 Å². The number of rotatable bonds is 2. The van der Waals surface area contributed by atoms with Gasteiger partial charge in [-0.1, -0.05) is 23.2 Å². The first-order chi connectivity index (χ1) is 7.18. The average Bonchev–Trinajstić information content (AvgIpc) is 2.58. The van der Waals surface area contributed by atoms with Crippen molar-refractivity contribution in [2.45, 2.75) is 0 Å². The molecule has 0 unspecified atom stereocenters. The molecule has 0 atom stereocenters. The second-order valence-electron chi connectivity index (χ2n) is 2.81. The average molecular weight is 258 g/mol. The zero-order chi connectivity index (χ0) is 10.8. The van der Waals surface area contributed by atoms with E-state index in [1.165, 1.54) is 17.5 Å². The summed E-state index contributed by atoms with van der Waals surface area (Å²) in [7, 11) is 0. The second-order valence-corrected chi connectivity index (χ2v) is 5.09. The number of hydrogen-bond acceptors (Lipinski definition) is 3. The van der Waals surface area contributed by atoms with Crippen molar-refractivity contribution in [3.63, 3.8) is 0 Å². The van der Waals surface area contributed by atoms with Crippen LogP contribution in [0, 0.1) is 0 Å². The van der Waals surface area contributed by atoms with Crippen molar-refractivity contribution in [3.8, 4) is 0 Å². The van der Waals surface area contributed by atoms with Crippen LogP contribution in [0.15, 0.2) is 30.6 Å². The second kappa shape index (κ2) is 4.31. The fourth-order valence-electron chi connectivity index (χ4n) is 1.15. The molecule has 0 saturated heterocycles. The van der Waals surface area contributed by atoms with Crippen LogP contribution in [-0.2, 0) is 0 Å². The highest BCUT2D eigenvalue weighted by Crippen LogP contribution is 2.32. The first-order valence-electron chi connectivity index (χ1n) is 4.08. The Kier molecular flexibility index (Phi) is 3.05. The normalized spacial score (nSPS) is 10.3. The number of thiophene rings is 1. The van der Waals surface area contributed by atoms with Crippen LogP contribution in [0.3, 0.4) is 0 Å². The number of aromatic nitrogens is 1. The van der Waals surface area contributed by atoms with Gasteiger partial charge >= 0.3 is 0 Å². The standard InChI is InChI=1S/C10H5Cl2NOS/c11-8-4-7(10(12)15-8)9(14)6-2-1-3-13-5-6/h1-5H. The maximum Gasteiger partial charge on any atom is 0.196 e. The molecule has 15 heavy (non-hydrogen) atoms. The van der Waals surface area contributed by atoms with E-state index in [1.807, 2.05) is 0 Å². The molecule has 0 aliphatic carbocycles. The van der Waals surface area contributed by atoms with Gasteiger partial charge in [-0.05, 0) is 18.2 Å². The summed E-state index contributed by atoms with van der Waals surface area (Å²) in [5.74, 6) is -0.156. The summed E-state index contributed by atoms with van der Waals surface area (Å²) in [6, 6.07) is 4.97. The Morgan fingerprint density at radius 2 is 2.20 bits per heavy atom. The lowest BCUT2D eigenvalue weighted by atomic mass is 10.1. The Hall–Kier alpha value is -0.900. The molecule has 2 aromatic heterocycles. The summed E-state index contributed by atoms with van der Waals surface area (Å²) >= 11 is 12.8. The number of carbonyl (C=O) groups excluding carboxylic acids is 1. The van der Waals surface area contributed by atoms with Gasteiger partial charge in [-0.3, -0.25) is 9.78 Å². The summed E-state index contributed by atoms with van der Waals surface area (Å²) in [5.41, 5.74) is 0.938. The predicted octanol–water partition coefficient (Wildman–Crippen LogP) is 3.68. The third-order valence-corrected chi connectivity index (χ3v) is 3.31. The highest BCUT2D eigenvalue weighted by atomic mass is 35.5. The number of ketones is 1. The van der Waals surface area contributed by atoms with Gasteiger partial charge in [0.25, 0.3) is 0 Å². The quantitative estimate of drug-likeness (QED) is 0.769. The molecule has 0 bridgehead atoms. The molecule has 2 rings (SSSR count). The fourth-order valence-corrected chi connectivity index (χ4v) is 2.61. The van der Waals surface area contributed by atoms with Gasteiger partial charge in [0.1, 0.15) is 4.34 Å². The number of nitrogens with zero attached hydrogens (tertiary/aromatic N) is 1. The largest absolute Gasteiger partial charge is 0.288 e. The van der Waals surface area contributed by atoms with E-state index in [0.717, 1.165) is 0 Å². The highest BCUT2D eigenvalue weighted by Gasteiger charge is 2.15. The highest BCUT2D eigenvalue weighted by molar-refractivity contribution is 7.20. The number of halogens is 2. The zero-order valence-corrected chi connectivity index (χ0v) is 9.73. The topological polar surface area (TPSA) is 30.0 Å². The third-order valence-electron chi connectivity index (χ3n) is 1.83. The van der Waals surface area contributed by atoms with Crippen LogP contribution in [-0.4, -0.2) is 10.8 Å². The van der Waals surface area contributed by atoms with Crippen molar-refractivity contribution < 1.29 is 4.79 Å². The lowest BCUT2D eigenvalue weighted by molar-refractivity contribution is 0.103. The molecule has 0 fully saturated rings. The first-order valence-corrected chi connectivity index (χ1v) is 5.65. The molecule has 0 spiro atoms. The van der Waals surface area contributed by atoms with E-state index in [9.17, 15) is 4.79 Å². The van der Waals surface area contributed by atoms with Crippen LogP contribution < -0.4 is 0 Å². The van der Waals surface area contributed by atoms with Crippen LogP contribution in [0.1, 0.15) is 15.9 Å². The number of carbonyl (C=O) groups is 1. The van der Waals surface area contributed by atoms with Crippen molar-refractivity contribution in [2.75, 3.05) is 0 Å². The maximum absolute atomic E-state index is 11.9. The van der Waals surface area contributed by atoms with E-state index >= 15 is 0 Å². The van der Waals surface area contributed by atoms with Gasteiger partial charge in [0.15, 0.2) is 5.78 Å².